The van der Waals surface area contributed by atoms with Crippen molar-refractivity contribution in [3.05, 3.63) is 30.3 Å². The van der Waals surface area contributed by atoms with Crippen molar-refractivity contribution in [2.45, 2.75) is 6.92 Å². The lowest BCUT2D eigenvalue weighted by Crippen LogP contribution is -1.94. The Labute approximate surface area is 68.8 Å². The molecule has 1 aromatic carbocycles. The second-order valence-corrected chi connectivity index (χ2v) is 1.90. The fraction of sp³-hybridized carbons (Fsp3) is 0.250. The zero-order chi connectivity index (χ0) is 6.53. The highest BCUT2D eigenvalue weighted by molar-refractivity contribution is 5.75. The molecular weight excluding hydrogens is 140 g/mol. The van der Waals surface area contributed by atoms with Gasteiger partial charge in [0.2, 0.25) is 0 Å². The number of benzene rings is 1. The molecule has 0 fully saturated rings. The Morgan fingerprint density at radius 3 is 2.18 bits per heavy atom. The van der Waals surface area contributed by atoms with Crippen LogP contribution in [0.15, 0.2) is 30.3 Å². The highest BCUT2D eigenvalue weighted by Gasteiger charge is 1.81. The Balaban J connectivity index is 0. The van der Waals surface area contributed by atoms with Crippen molar-refractivity contribution in [2.24, 2.45) is 0 Å². The van der Waals surface area contributed by atoms with Crippen molar-refractivity contribution < 1.29 is 4.70 Å². The number of hydrogen-bond acceptors (Lipinski definition) is 1. The minimum atomic E-state index is 0. The van der Waals surface area contributed by atoms with Crippen molar-refractivity contribution in [1.82, 2.24) is 0 Å². The van der Waals surface area contributed by atoms with E-state index in [2.05, 4.69) is 24.4 Å². The summed E-state index contributed by atoms with van der Waals surface area (Å²) >= 11 is 0. The van der Waals surface area contributed by atoms with E-state index in [0.717, 1.165) is 6.54 Å². The van der Waals surface area contributed by atoms with E-state index in [4.69, 9.17) is 0 Å². The maximum atomic E-state index is 3.21. The normalized spacial score (nSPS) is 7.36. The molecule has 0 unspecified atom stereocenters. The second-order valence-electron chi connectivity index (χ2n) is 1.90. The van der Waals surface area contributed by atoms with Crippen LogP contribution in [0.5, 0.6) is 0 Å². The molecule has 0 amide bonds. The maximum Gasteiger partial charge on any atom is 0.0340 e. The summed E-state index contributed by atoms with van der Waals surface area (Å²) in [5.41, 5.74) is 1.19. The smallest absolute Gasteiger partial charge is 0.0340 e. The lowest BCUT2D eigenvalue weighted by Gasteiger charge is -1.99. The summed E-state index contributed by atoms with van der Waals surface area (Å²) in [6.07, 6.45) is 0. The fourth-order valence-corrected chi connectivity index (χ4v) is 0.760. The van der Waals surface area contributed by atoms with Gasteiger partial charge in [0.05, 0.1) is 0 Å². The Kier molecular flexibility index (Phi) is 8.21. The van der Waals surface area contributed by atoms with Crippen molar-refractivity contribution in [3.63, 3.8) is 0 Å². The SMILES string of the molecule is CCNc1ccccc1.F.[B]. The minimum absolute atomic E-state index is 0. The first-order chi connectivity index (χ1) is 4.43. The first-order valence-electron chi connectivity index (χ1n) is 3.22. The van der Waals surface area contributed by atoms with E-state index in [9.17, 15) is 0 Å². The molecular formula is C8H12BFN. The summed E-state index contributed by atoms with van der Waals surface area (Å²) in [6, 6.07) is 10.2. The molecule has 0 aliphatic carbocycles. The summed E-state index contributed by atoms with van der Waals surface area (Å²) in [5, 5.41) is 3.21. The number of hydrogen-bond donors (Lipinski definition) is 1. The van der Waals surface area contributed by atoms with Crippen LogP contribution >= 0.6 is 0 Å². The monoisotopic (exact) mass is 152 g/mol. The van der Waals surface area contributed by atoms with Gasteiger partial charge in [-0.1, -0.05) is 18.2 Å². The molecule has 0 saturated heterocycles. The molecule has 0 aliphatic heterocycles. The van der Waals surface area contributed by atoms with Crippen molar-refractivity contribution >= 4 is 14.1 Å². The van der Waals surface area contributed by atoms with E-state index in [-0.39, 0.29) is 13.1 Å². The first kappa shape index (κ1) is 12.7. The quantitative estimate of drug-likeness (QED) is 0.638. The Morgan fingerprint density at radius 2 is 1.73 bits per heavy atom. The van der Waals surface area contributed by atoms with E-state index in [1.807, 2.05) is 18.2 Å². The molecule has 0 aromatic heterocycles. The van der Waals surface area contributed by atoms with Crippen molar-refractivity contribution in [1.29, 1.82) is 0 Å². The van der Waals surface area contributed by atoms with Gasteiger partial charge in [0, 0.05) is 20.6 Å². The summed E-state index contributed by atoms with van der Waals surface area (Å²) in [4.78, 5) is 0. The van der Waals surface area contributed by atoms with Gasteiger partial charge in [-0.15, -0.1) is 0 Å². The van der Waals surface area contributed by atoms with E-state index < -0.39 is 0 Å². The van der Waals surface area contributed by atoms with Crippen LogP contribution in [0.3, 0.4) is 0 Å². The summed E-state index contributed by atoms with van der Waals surface area (Å²) in [7, 11) is 0. The van der Waals surface area contributed by atoms with Crippen LogP contribution in [-0.4, -0.2) is 15.0 Å². The van der Waals surface area contributed by atoms with Gasteiger partial charge in [-0.2, -0.15) is 0 Å². The van der Waals surface area contributed by atoms with Crippen LogP contribution in [-0.2, 0) is 0 Å². The molecule has 3 radical (unpaired) electrons. The third-order valence-corrected chi connectivity index (χ3v) is 1.15. The third kappa shape index (κ3) is 4.42. The first-order valence-corrected chi connectivity index (χ1v) is 3.22. The standard InChI is InChI=1S/C8H11N.B.FH/c1-2-9-8-6-4-3-5-7-8;;/h3-7,9H,2H2,1H3;;1H. The molecule has 0 saturated carbocycles. The highest BCUT2D eigenvalue weighted by atomic mass is 19.0. The van der Waals surface area contributed by atoms with Crippen molar-refractivity contribution in [3.8, 4) is 0 Å². The van der Waals surface area contributed by atoms with Gasteiger partial charge in [-0.25, -0.2) is 0 Å². The zero-order valence-corrected chi connectivity index (χ0v) is 6.58. The number of rotatable bonds is 2. The number of anilines is 1. The third-order valence-electron chi connectivity index (χ3n) is 1.15. The molecule has 1 aromatic rings. The van der Waals surface area contributed by atoms with Crippen LogP contribution in [0.4, 0.5) is 10.4 Å². The van der Waals surface area contributed by atoms with Gasteiger partial charge in [0.1, 0.15) is 0 Å². The molecule has 0 bridgehead atoms. The zero-order valence-electron chi connectivity index (χ0n) is 6.58. The summed E-state index contributed by atoms with van der Waals surface area (Å²) in [5.74, 6) is 0. The molecule has 59 valence electrons. The molecule has 1 nitrogen and oxygen atoms in total. The Hall–Kier alpha value is -0.985. The maximum absolute atomic E-state index is 3.21. The van der Waals surface area contributed by atoms with Crippen molar-refractivity contribution in [2.75, 3.05) is 11.9 Å². The lowest BCUT2D eigenvalue weighted by atomic mass is 10.3. The second kappa shape index (κ2) is 7.13. The van der Waals surface area contributed by atoms with E-state index in [1.54, 1.807) is 0 Å². The fourth-order valence-electron chi connectivity index (χ4n) is 0.760. The molecule has 0 spiro atoms. The van der Waals surface area contributed by atoms with Crippen LogP contribution in [0.25, 0.3) is 0 Å². The number of nitrogens with one attached hydrogen (secondary N) is 1. The van der Waals surface area contributed by atoms with Crippen LogP contribution in [0.2, 0.25) is 0 Å². The van der Waals surface area contributed by atoms with Gasteiger partial charge in [0.15, 0.2) is 0 Å². The van der Waals surface area contributed by atoms with E-state index >= 15 is 0 Å². The molecule has 1 rings (SSSR count). The molecule has 1 N–H and O–H groups in total. The van der Waals surface area contributed by atoms with Gasteiger partial charge in [-0.3, -0.25) is 4.70 Å². The average Bonchev–Trinajstić information content (AvgIpc) is 1.91. The summed E-state index contributed by atoms with van der Waals surface area (Å²) in [6.45, 7) is 3.08. The average molecular weight is 152 g/mol. The summed E-state index contributed by atoms with van der Waals surface area (Å²) < 4.78 is 0. The minimum Gasteiger partial charge on any atom is -0.385 e. The molecule has 0 heterocycles. The predicted molar refractivity (Wildman–Crippen MR) is 48.9 cm³/mol. The van der Waals surface area contributed by atoms with Gasteiger partial charge < -0.3 is 5.32 Å². The van der Waals surface area contributed by atoms with Crippen LogP contribution in [0.1, 0.15) is 6.92 Å². The molecule has 11 heavy (non-hydrogen) atoms. The van der Waals surface area contributed by atoms with Crippen LogP contribution in [0, 0.1) is 0 Å². The number of halogens is 1. The topological polar surface area (TPSA) is 12.0 Å². The van der Waals surface area contributed by atoms with E-state index in [0.29, 0.717) is 0 Å². The largest absolute Gasteiger partial charge is 0.385 e. The van der Waals surface area contributed by atoms with Gasteiger partial charge >= 0.3 is 0 Å². The number of para-hydroxylation sites is 1. The van der Waals surface area contributed by atoms with Gasteiger partial charge in [0.25, 0.3) is 0 Å². The highest BCUT2D eigenvalue weighted by Crippen LogP contribution is 2.02. The Bertz CT molecular complexity index is 167. The van der Waals surface area contributed by atoms with E-state index in [1.165, 1.54) is 5.69 Å². The van der Waals surface area contributed by atoms with Gasteiger partial charge in [-0.05, 0) is 19.1 Å². The van der Waals surface area contributed by atoms with Crippen LogP contribution < -0.4 is 5.32 Å². The molecule has 0 atom stereocenters. The molecule has 0 aliphatic rings. The predicted octanol–water partition coefficient (Wildman–Crippen LogP) is 1.89. The Morgan fingerprint density at radius 1 is 1.18 bits per heavy atom. The lowest BCUT2D eigenvalue weighted by molar-refractivity contribution is 1.11. The molecule has 3 heteroatoms.